The third-order valence-corrected chi connectivity index (χ3v) is 11.2. The Bertz CT molecular complexity index is 2860. The molecule has 0 spiro atoms. The van der Waals surface area contributed by atoms with Crippen LogP contribution in [-0.4, -0.2) is 70.8 Å². The molecule has 3 aliphatic heterocycles. The number of imide groups is 1. The van der Waals surface area contributed by atoms with Gasteiger partial charge in [0.15, 0.2) is 0 Å². The fourth-order valence-electron chi connectivity index (χ4n) is 8.19. The van der Waals surface area contributed by atoms with E-state index < -0.39 is 23.2 Å². The number of nitrogens with zero attached hydrogens (tertiary/aromatic N) is 4. The average molecular weight is 795 g/mol. The highest BCUT2D eigenvalue weighted by Gasteiger charge is 2.37. The van der Waals surface area contributed by atoms with Gasteiger partial charge in [0.25, 0.3) is 11.5 Å². The van der Waals surface area contributed by atoms with E-state index in [-0.39, 0.29) is 41.6 Å². The molecule has 9 rings (SSSR count). The number of carbonyl (C=O) groups is 3. The minimum atomic E-state index is -0.807. The number of nitrogens with one attached hydrogen (secondary N) is 2. The number of aryl methyl sites for hydroxylation is 2. The number of furan rings is 1. The molecule has 6 aromatic rings. The maximum absolute atomic E-state index is 16.1. The number of aromatic nitrogens is 2. The monoisotopic (exact) mass is 794 g/mol. The number of halogens is 1. The third-order valence-electron chi connectivity index (χ3n) is 11.2. The van der Waals surface area contributed by atoms with Gasteiger partial charge in [0.05, 0.1) is 47.8 Å². The first-order chi connectivity index (χ1) is 28.3. The molecule has 1 atom stereocenters. The second kappa shape index (κ2) is 14.4. The summed E-state index contributed by atoms with van der Waals surface area (Å²) in [6, 6.07) is 17.4. The zero-order chi connectivity index (χ0) is 41.2. The normalized spacial score (nSPS) is 17.1. The van der Waals surface area contributed by atoms with Crippen molar-refractivity contribution >= 4 is 56.7 Å². The number of amides is 3. The van der Waals surface area contributed by atoms with E-state index in [9.17, 15) is 24.3 Å². The Labute approximate surface area is 337 Å². The fourth-order valence-corrected chi connectivity index (χ4v) is 8.19. The molecule has 2 fully saturated rings. The predicted octanol–water partition coefficient (Wildman–Crippen LogP) is 5.20. The van der Waals surface area contributed by atoms with E-state index in [0.717, 1.165) is 27.7 Å². The molecule has 3 aromatic carbocycles. The molecular formula is C45H39FN6O7. The molecule has 1 unspecified atom stereocenters. The molecule has 3 N–H and O–H groups in total. The van der Waals surface area contributed by atoms with Crippen LogP contribution < -0.4 is 30.7 Å². The minimum absolute atomic E-state index is 0.0336. The van der Waals surface area contributed by atoms with Gasteiger partial charge in [-0.2, -0.15) is 0 Å². The van der Waals surface area contributed by atoms with E-state index in [1.165, 1.54) is 18.3 Å². The predicted molar refractivity (Wildman–Crippen MR) is 219 cm³/mol. The highest BCUT2D eigenvalue weighted by atomic mass is 19.1. The van der Waals surface area contributed by atoms with Crippen LogP contribution in [0.1, 0.15) is 52.9 Å². The van der Waals surface area contributed by atoms with E-state index in [2.05, 4.69) is 32.4 Å². The minimum Gasteiger partial charge on any atom is -0.490 e. The van der Waals surface area contributed by atoms with Gasteiger partial charge in [0.1, 0.15) is 29.5 Å². The van der Waals surface area contributed by atoms with Crippen LogP contribution in [-0.2, 0) is 16.6 Å². The molecule has 0 radical (unpaired) electrons. The first kappa shape index (κ1) is 37.6. The number of ether oxygens (including phenoxy) is 1. The topological polar surface area (TPSA) is 159 Å². The second-order valence-corrected chi connectivity index (χ2v) is 15.6. The van der Waals surface area contributed by atoms with Crippen LogP contribution in [0.4, 0.5) is 21.5 Å². The largest absolute Gasteiger partial charge is 0.490 e. The van der Waals surface area contributed by atoms with Crippen LogP contribution in [0.5, 0.6) is 5.75 Å². The Morgan fingerprint density at radius 2 is 1.90 bits per heavy atom. The Kier molecular flexibility index (Phi) is 9.20. The number of pyridine rings is 2. The standard InChI is InChI=1S/C45H39FN6O7/c1-25-15-32-36(50(3)44(25)56)17-28(51-23-45(2,57)24-51)18-37(32)52-13-14-58-40-19-30(34(46)20-38(40)52)27-7-9-35(48-21-27)43(55)47-12-4-5-26-6-10-39-31(16-26)33(22-59-39)29-8-11-41(53)49-42(29)54/h6-7,9-10,15-22,29,57H,8,11-14,23-24H2,1-3H3,(H,47,55)(H,49,53,54). The van der Waals surface area contributed by atoms with Crippen molar-refractivity contribution in [1.82, 2.24) is 20.2 Å². The maximum Gasteiger partial charge on any atom is 0.270 e. The molecule has 3 amide bonds. The first-order valence-electron chi connectivity index (χ1n) is 19.3. The molecule has 59 heavy (non-hydrogen) atoms. The molecule has 3 aliphatic rings. The van der Waals surface area contributed by atoms with Crippen LogP contribution in [0.3, 0.4) is 0 Å². The number of aliphatic hydroxyl groups is 1. The summed E-state index contributed by atoms with van der Waals surface area (Å²) in [7, 11) is 1.74. The van der Waals surface area contributed by atoms with Crippen LogP contribution >= 0.6 is 0 Å². The van der Waals surface area contributed by atoms with Crippen LogP contribution in [0.15, 0.2) is 82.3 Å². The summed E-state index contributed by atoms with van der Waals surface area (Å²) in [5.41, 5.74) is 5.36. The second-order valence-electron chi connectivity index (χ2n) is 15.6. The fraction of sp³-hybridized carbons (Fsp3) is 0.267. The van der Waals surface area contributed by atoms with E-state index in [4.69, 9.17) is 9.15 Å². The Morgan fingerprint density at radius 1 is 1.07 bits per heavy atom. The van der Waals surface area contributed by atoms with Gasteiger partial charge in [-0.15, -0.1) is 0 Å². The van der Waals surface area contributed by atoms with Crippen LogP contribution in [0, 0.1) is 24.6 Å². The molecule has 14 heteroatoms. The van der Waals surface area contributed by atoms with Gasteiger partial charge in [-0.05, 0) is 68.8 Å². The van der Waals surface area contributed by atoms with Gasteiger partial charge in [0.2, 0.25) is 11.8 Å². The number of piperidine rings is 1. The van der Waals surface area contributed by atoms with Gasteiger partial charge < -0.3 is 33.9 Å². The summed E-state index contributed by atoms with van der Waals surface area (Å²) in [4.78, 5) is 58.4. The quantitative estimate of drug-likeness (QED) is 0.151. The van der Waals surface area contributed by atoms with Crippen molar-refractivity contribution in [2.75, 3.05) is 42.6 Å². The summed E-state index contributed by atoms with van der Waals surface area (Å²) in [6.07, 6.45) is 3.64. The number of hydrogen-bond acceptors (Lipinski definition) is 10. The molecular weight excluding hydrogens is 756 g/mol. The van der Waals surface area contributed by atoms with Crippen LogP contribution in [0.2, 0.25) is 0 Å². The van der Waals surface area contributed by atoms with Gasteiger partial charge in [-0.1, -0.05) is 17.9 Å². The van der Waals surface area contributed by atoms with Crippen molar-refractivity contribution in [3.63, 3.8) is 0 Å². The van der Waals surface area contributed by atoms with Gasteiger partial charge in [-0.3, -0.25) is 29.5 Å². The molecule has 6 heterocycles. The van der Waals surface area contributed by atoms with E-state index in [0.29, 0.717) is 71.9 Å². The number of fused-ring (bicyclic) bond motifs is 3. The zero-order valence-corrected chi connectivity index (χ0v) is 32.5. The molecule has 298 valence electrons. The summed E-state index contributed by atoms with van der Waals surface area (Å²) in [5.74, 6) is 4.35. The van der Waals surface area contributed by atoms with Crippen molar-refractivity contribution in [3.8, 4) is 28.7 Å². The third kappa shape index (κ3) is 6.93. The van der Waals surface area contributed by atoms with Crippen molar-refractivity contribution in [1.29, 1.82) is 0 Å². The van der Waals surface area contributed by atoms with Gasteiger partial charge >= 0.3 is 0 Å². The Morgan fingerprint density at radius 3 is 2.66 bits per heavy atom. The SMILES string of the molecule is Cc1cc2c(N3CCOc4cc(-c5ccc(C(=O)NCC#Cc6ccc7occ(C8CCC(=O)NC8=O)c7c6)nc5)c(F)cc43)cc(N3CC(C)(O)C3)cc2n(C)c1=O. The Hall–Kier alpha value is -6.98. The van der Waals surface area contributed by atoms with Crippen molar-refractivity contribution in [2.45, 2.75) is 38.2 Å². The lowest BCUT2D eigenvalue weighted by Crippen LogP contribution is -2.60. The lowest BCUT2D eigenvalue weighted by molar-refractivity contribution is -0.134. The highest BCUT2D eigenvalue weighted by Crippen LogP contribution is 2.45. The van der Waals surface area contributed by atoms with E-state index in [1.807, 2.05) is 29.2 Å². The molecule has 0 saturated carbocycles. The number of hydrogen-bond donors (Lipinski definition) is 3. The number of benzene rings is 3. The summed E-state index contributed by atoms with van der Waals surface area (Å²) in [6.45, 7) is 5.25. The van der Waals surface area contributed by atoms with Crippen LogP contribution in [0.25, 0.3) is 33.0 Å². The average Bonchev–Trinajstić information content (AvgIpc) is 3.63. The summed E-state index contributed by atoms with van der Waals surface area (Å²) >= 11 is 0. The van der Waals surface area contributed by atoms with Crippen molar-refractivity contribution in [2.24, 2.45) is 7.05 Å². The first-order valence-corrected chi connectivity index (χ1v) is 19.3. The number of rotatable bonds is 6. The van der Waals surface area contributed by atoms with Crippen molar-refractivity contribution in [3.05, 3.63) is 112 Å². The molecule has 3 aromatic heterocycles. The molecule has 2 saturated heterocycles. The highest BCUT2D eigenvalue weighted by molar-refractivity contribution is 6.03. The maximum atomic E-state index is 16.1. The molecule has 0 bridgehead atoms. The van der Waals surface area contributed by atoms with E-state index >= 15 is 4.39 Å². The lowest BCUT2D eigenvalue weighted by atomic mass is 9.90. The number of anilines is 3. The summed E-state index contributed by atoms with van der Waals surface area (Å²) < 4.78 is 29.5. The summed E-state index contributed by atoms with van der Waals surface area (Å²) in [5, 5.41) is 17.2. The molecule has 13 nitrogen and oxygen atoms in total. The number of carbonyl (C=O) groups excluding carboxylic acids is 3. The van der Waals surface area contributed by atoms with Crippen molar-refractivity contribution < 1.29 is 33.0 Å². The smallest absolute Gasteiger partial charge is 0.270 e. The number of β-amino-alcohol motifs (C(OH)–C–C–N with tert-alkyl or cyclic N) is 1. The zero-order valence-electron chi connectivity index (χ0n) is 32.5. The molecule has 0 aliphatic carbocycles. The lowest BCUT2D eigenvalue weighted by Gasteiger charge is -2.46. The van der Waals surface area contributed by atoms with E-state index in [1.54, 1.807) is 56.0 Å². The van der Waals surface area contributed by atoms with Gasteiger partial charge in [-0.25, -0.2) is 4.39 Å². The Balaban J connectivity index is 0.916. The van der Waals surface area contributed by atoms with Gasteiger partial charge in [0, 0.05) is 83.1 Å².